The Morgan fingerprint density at radius 2 is 1.94 bits per heavy atom. The Kier molecular flexibility index (Phi) is 3.79. The molecule has 0 spiro atoms. The second-order valence-electron chi connectivity index (χ2n) is 5.93. The Labute approximate surface area is 109 Å². The second kappa shape index (κ2) is 5.17. The van der Waals surface area contributed by atoms with Gasteiger partial charge in [-0.3, -0.25) is 0 Å². The van der Waals surface area contributed by atoms with E-state index in [4.69, 9.17) is 4.74 Å². The van der Waals surface area contributed by atoms with Gasteiger partial charge in [-0.15, -0.1) is 0 Å². The van der Waals surface area contributed by atoms with Crippen molar-refractivity contribution in [3.05, 3.63) is 24.0 Å². The maximum absolute atomic E-state index is 13.7. The van der Waals surface area contributed by atoms with E-state index < -0.39 is 0 Å². The average molecular weight is 251 g/mol. The van der Waals surface area contributed by atoms with Crippen molar-refractivity contribution in [1.82, 2.24) is 0 Å². The standard InChI is InChI=1S/C15H22FNO/c1-15(2)8-6-11(7-9-15)17-14-10-12(18-3)4-5-13(14)16/h4-5,10-11,17H,6-9H2,1-3H3. The van der Waals surface area contributed by atoms with E-state index in [9.17, 15) is 4.39 Å². The Bertz CT molecular complexity index is 407. The highest BCUT2D eigenvalue weighted by atomic mass is 19.1. The fraction of sp³-hybridized carbons (Fsp3) is 0.600. The van der Waals surface area contributed by atoms with Crippen molar-refractivity contribution >= 4 is 5.69 Å². The van der Waals surface area contributed by atoms with Crippen molar-refractivity contribution in [2.45, 2.75) is 45.6 Å². The molecule has 1 aliphatic rings. The molecule has 2 nitrogen and oxygen atoms in total. The number of anilines is 1. The minimum atomic E-state index is -0.208. The van der Waals surface area contributed by atoms with E-state index >= 15 is 0 Å². The Balaban J connectivity index is 2.01. The number of hydrogen-bond acceptors (Lipinski definition) is 2. The SMILES string of the molecule is COc1ccc(F)c(NC2CCC(C)(C)CC2)c1. The normalized spacial score (nSPS) is 19.6. The van der Waals surface area contributed by atoms with Crippen LogP contribution < -0.4 is 10.1 Å². The van der Waals surface area contributed by atoms with E-state index in [1.165, 1.54) is 18.9 Å². The van der Waals surface area contributed by atoms with Gasteiger partial charge >= 0.3 is 0 Å². The van der Waals surface area contributed by atoms with Gasteiger partial charge in [0.15, 0.2) is 0 Å². The molecule has 0 aromatic heterocycles. The van der Waals surface area contributed by atoms with Crippen LogP contribution in [0.15, 0.2) is 18.2 Å². The van der Waals surface area contributed by atoms with Crippen LogP contribution in [0.1, 0.15) is 39.5 Å². The smallest absolute Gasteiger partial charge is 0.146 e. The first-order chi connectivity index (χ1) is 8.50. The highest BCUT2D eigenvalue weighted by Crippen LogP contribution is 2.36. The zero-order chi connectivity index (χ0) is 13.2. The van der Waals surface area contributed by atoms with Crippen LogP contribution in [0.2, 0.25) is 0 Å². The van der Waals surface area contributed by atoms with Gasteiger partial charge in [-0.25, -0.2) is 4.39 Å². The van der Waals surface area contributed by atoms with E-state index in [2.05, 4.69) is 19.2 Å². The molecule has 1 fully saturated rings. The van der Waals surface area contributed by atoms with Gasteiger partial charge < -0.3 is 10.1 Å². The molecule has 0 radical (unpaired) electrons. The summed E-state index contributed by atoms with van der Waals surface area (Å²) in [6.45, 7) is 4.60. The summed E-state index contributed by atoms with van der Waals surface area (Å²) >= 11 is 0. The van der Waals surface area contributed by atoms with Gasteiger partial charge in [0.1, 0.15) is 11.6 Å². The van der Waals surface area contributed by atoms with Gasteiger partial charge in [-0.1, -0.05) is 13.8 Å². The molecule has 2 rings (SSSR count). The van der Waals surface area contributed by atoms with Crippen LogP contribution in [0.5, 0.6) is 5.75 Å². The molecule has 0 saturated heterocycles. The molecule has 0 unspecified atom stereocenters. The van der Waals surface area contributed by atoms with E-state index in [0.29, 0.717) is 22.9 Å². The Morgan fingerprint density at radius 1 is 1.28 bits per heavy atom. The van der Waals surface area contributed by atoms with E-state index in [0.717, 1.165) is 12.8 Å². The molecule has 100 valence electrons. The highest BCUT2D eigenvalue weighted by Gasteiger charge is 2.27. The lowest BCUT2D eigenvalue weighted by molar-refractivity contribution is 0.232. The molecular weight excluding hydrogens is 229 g/mol. The quantitative estimate of drug-likeness (QED) is 0.868. The number of methoxy groups -OCH3 is 1. The topological polar surface area (TPSA) is 21.3 Å². The van der Waals surface area contributed by atoms with E-state index in [1.54, 1.807) is 19.2 Å². The van der Waals surface area contributed by atoms with Crippen molar-refractivity contribution in [1.29, 1.82) is 0 Å². The second-order valence-corrected chi connectivity index (χ2v) is 5.93. The van der Waals surface area contributed by atoms with Gasteiger partial charge in [-0.2, -0.15) is 0 Å². The summed E-state index contributed by atoms with van der Waals surface area (Å²) < 4.78 is 18.8. The van der Waals surface area contributed by atoms with Crippen LogP contribution in [-0.2, 0) is 0 Å². The zero-order valence-corrected chi connectivity index (χ0v) is 11.4. The summed E-state index contributed by atoms with van der Waals surface area (Å²) in [6, 6.07) is 5.20. The molecule has 1 aliphatic carbocycles. The molecule has 1 aromatic carbocycles. The first-order valence-corrected chi connectivity index (χ1v) is 6.60. The zero-order valence-electron chi connectivity index (χ0n) is 11.4. The van der Waals surface area contributed by atoms with Gasteiger partial charge in [-0.05, 0) is 43.2 Å². The number of rotatable bonds is 3. The average Bonchev–Trinajstić information content (AvgIpc) is 2.34. The van der Waals surface area contributed by atoms with Crippen LogP contribution in [0.3, 0.4) is 0 Å². The van der Waals surface area contributed by atoms with Crippen LogP contribution in [0, 0.1) is 11.2 Å². The van der Waals surface area contributed by atoms with Crippen molar-refractivity contribution in [2.75, 3.05) is 12.4 Å². The molecule has 0 heterocycles. The summed E-state index contributed by atoms with van der Waals surface area (Å²) in [5.41, 5.74) is 0.990. The van der Waals surface area contributed by atoms with Crippen LogP contribution in [0.25, 0.3) is 0 Å². The lowest BCUT2D eigenvalue weighted by Gasteiger charge is -2.35. The summed E-state index contributed by atoms with van der Waals surface area (Å²) in [4.78, 5) is 0. The van der Waals surface area contributed by atoms with Crippen molar-refractivity contribution in [2.24, 2.45) is 5.41 Å². The molecule has 0 bridgehead atoms. The molecule has 1 saturated carbocycles. The lowest BCUT2D eigenvalue weighted by Crippen LogP contribution is -2.30. The van der Waals surface area contributed by atoms with Gasteiger partial charge in [0.2, 0.25) is 0 Å². The maximum atomic E-state index is 13.7. The minimum Gasteiger partial charge on any atom is -0.497 e. The predicted octanol–water partition coefficient (Wildman–Crippen LogP) is 4.22. The van der Waals surface area contributed by atoms with Crippen molar-refractivity contribution in [3.8, 4) is 5.75 Å². The fourth-order valence-corrected chi connectivity index (χ4v) is 2.51. The minimum absolute atomic E-state index is 0.208. The van der Waals surface area contributed by atoms with Crippen LogP contribution in [0.4, 0.5) is 10.1 Å². The molecular formula is C15H22FNO. The summed E-state index contributed by atoms with van der Waals surface area (Å²) in [7, 11) is 1.60. The van der Waals surface area contributed by atoms with Gasteiger partial charge in [0.05, 0.1) is 12.8 Å². The van der Waals surface area contributed by atoms with E-state index in [1.807, 2.05) is 0 Å². The lowest BCUT2D eigenvalue weighted by atomic mass is 9.75. The third kappa shape index (κ3) is 3.15. The highest BCUT2D eigenvalue weighted by molar-refractivity contribution is 5.50. The van der Waals surface area contributed by atoms with Crippen molar-refractivity contribution < 1.29 is 9.13 Å². The molecule has 1 N–H and O–H groups in total. The fourth-order valence-electron chi connectivity index (χ4n) is 2.51. The maximum Gasteiger partial charge on any atom is 0.146 e. The van der Waals surface area contributed by atoms with Crippen LogP contribution >= 0.6 is 0 Å². The number of benzene rings is 1. The summed E-state index contributed by atoms with van der Waals surface area (Å²) in [5.74, 6) is 0.482. The number of halogens is 1. The van der Waals surface area contributed by atoms with Gasteiger partial charge in [0, 0.05) is 12.1 Å². The number of hydrogen-bond donors (Lipinski definition) is 1. The molecule has 1 aromatic rings. The largest absolute Gasteiger partial charge is 0.497 e. The monoisotopic (exact) mass is 251 g/mol. The predicted molar refractivity (Wildman–Crippen MR) is 72.6 cm³/mol. The van der Waals surface area contributed by atoms with Crippen LogP contribution in [-0.4, -0.2) is 13.2 Å². The van der Waals surface area contributed by atoms with E-state index in [-0.39, 0.29) is 5.82 Å². The first kappa shape index (κ1) is 13.2. The number of nitrogens with one attached hydrogen (secondary N) is 1. The van der Waals surface area contributed by atoms with Gasteiger partial charge in [0.25, 0.3) is 0 Å². The Hall–Kier alpha value is -1.25. The molecule has 18 heavy (non-hydrogen) atoms. The first-order valence-electron chi connectivity index (χ1n) is 6.60. The molecule has 0 aliphatic heterocycles. The molecule has 0 amide bonds. The molecule has 3 heteroatoms. The Morgan fingerprint density at radius 3 is 2.56 bits per heavy atom. The third-order valence-corrected chi connectivity index (χ3v) is 3.87. The molecule has 0 atom stereocenters. The summed E-state index contributed by atoms with van der Waals surface area (Å²) in [6.07, 6.45) is 4.58. The third-order valence-electron chi connectivity index (χ3n) is 3.87. The van der Waals surface area contributed by atoms with Crippen molar-refractivity contribution in [3.63, 3.8) is 0 Å². The summed E-state index contributed by atoms with van der Waals surface area (Å²) in [5, 5.41) is 3.31. The number of ether oxygens (including phenoxy) is 1.